The molecule has 2 rings (SSSR count). The fraction of sp³-hybridized carbons (Fsp3) is 0.417. The monoisotopic (exact) mass is 221 g/mol. The number of nitrogens with two attached hydrogens (primary N) is 1. The first-order valence-corrected chi connectivity index (χ1v) is 5.36. The standard InChI is InChI=1S/C12H15NO3/c13-12(14)6-5-9-3-1-2-4-11(9)16-8-10-7-15-10/h1-4,10H,5-8H2,(H2,13,14). The number of para-hydroxylation sites is 1. The summed E-state index contributed by atoms with van der Waals surface area (Å²) in [6.07, 6.45) is 1.21. The maximum atomic E-state index is 10.7. The second-order valence-corrected chi connectivity index (χ2v) is 3.84. The predicted molar refractivity (Wildman–Crippen MR) is 59.2 cm³/mol. The van der Waals surface area contributed by atoms with Gasteiger partial charge in [-0.25, -0.2) is 0 Å². The van der Waals surface area contributed by atoms with E-state index in [-0.39, 0.29) is 12.0 Å². The van der Waals surface area contributed by atoms with Gasteiger partial charge in [0.25, 0.3) is 0 Å². The number of primary amides is 1. The molecule has 16 heavy (non-hydrogen) atoms. The quantitative estimate of drug-likeness (QED) is 0.725. The lowest BCUT2D eigenvalue weighted by Gasteiger charge is -2.09. The van der Waals surface area contributed by atoms with Crippen molar-refractivity contribution in [2.24, 2.45) is 5.73 Å². The van der Waals surface area contributed by atoms with E-state index in [0.717, 1.165) is 17.9 Å². The Labute approximate surface area is 94.3 Å². The van der Waals surface area contributed by atoms with Gasteiger partial charge in [-0.3, -0.25) is 4.79 Å². The van der Waals surface area contributed by atoms with Gasteiger partial charge in [0.05, 0.1) is 6.61 Å². The molecule has 0 saturated carbocycles. The molecule has 1 unspecified atom stereocenters. The van der Waals surface area contributed by atoms with Gasteiger partial charge in [-0.05, 0) is 18.1 Å². The molecule has 2 N–H and O–H groups in total. The van der Waals surface area contributed by atoms with Crippen LogP contribution >= 0.6 is 0 Å². The molecule has 86 valence electrons. The van der Waals surface area contributed by atoms with Crippen LogP contribution in [0.2, 0.25) is 0 Å². The van der Waals surface area contributed by atoms with Gasteiger partial charge in [-0.1, -0.05) is 18.2 Å². The topological polar surface area (TPSA) is 64.9 Å². The number of epoxide rings is 1. The zero-order valence-electron chi connectivity index (χ0n) is 9.02. The fourth-order valence-corrected chi connectivity index (χ4v) is 1.46. The summed E-state index contributed by atoms with van der Waals surface area (Å²) in [5.74, 6) is 0.527. The van der Waals surface area contributed by atoms with Crippen LogP contribution in [0.4, 0.5) is 0 Å². The largest absolute Gasteiger partial charge is 0.491 e. The smallest absolute Gasteiger partial charge is 0.217 e. The van der Waals surface area contributed by atoms with E-state index in [9.17, 15) is 4.79 Å². The molecule has 1 aliphatic rings. The SMILES string of the molecule is NC(=O)CCc1ccccc1OCC1CO1. The number of amides is 1. The van der Waals surface area contributed by atoms with Gasteiger partial charge in [0, 0.05) is 6.42 Å². The highest BCUT2D eigenvalue weighted by atomic mass is 16.6. The van der Waals surface area contributed by atoms with E-state index in [0.29, 0.717) is 19.4 Å². The number of benzene rings is 1. The van der Waals surface area contributed by atoms with Crippen LogP contribution in [0.5, 0.6) is 5.75 Å². The van der Waals surface area contributed by atoms with Crippen LogP contribution < -0.4 is 10.5 Å². The summed E-state index contributed by atoms with van der Waals surface area (Å²) < 4.78 is 10.7. The maximum absolute atomic E-state index is 10.7. The Kier molecular flexibility index (Phi) is 3.41. The van der Waals surface area contributed by atoms with Gasteiger partial charge in [-0.2, -0.15) is 0 Å². The summed E-state index contributed by atoms with van der Waals surface area (Å²) in [5, 5.41) is 0. The summed E-state index contributed by atoms with van der Waals surface area (Å²) >= 11 is 0. The molecule has 1 fully saturated rings. The van der Waals surface area contributed by atoms with E-state index in [1.165, 1.54) is 0 Å². The summed E-state index contributed by atoms with van der Waals surface area (Å²) in [6.45, 7) is 1.36. The molecule has 0 radical (unpaired) electrons. The molecule has 0 aliphatic carbocycles. The minimum absolute atomic E-state index is 0.240. The summed E-state index contributed by atoms with van der Waals surface area (Å²) in [7, 11) is 0. The first-order chi connectivity index (χ1) is 7.75. The van der Waals surface area contributed by atoms with Crippen molar-refractivity contribution in [2.45, 2.75) is 18.9 Å². The Balaban J connectivity index is 1.94. The predicted octanol–water partition coefficient (Wildman–Crippen LogP) is 0.882. The van der Waals surface area contributed by atoms with E-state index < -0.39 is 0 Å². The molecule has 1 aromatic rings. The van der Waals surface area contributed by atoms with Crippen LogP contribution in [0.15, 0.2) is 24.3 Å². The van der Waals surface area contributed by atoms with Crippen LogP contribution in [0, 0.1) is 0 Å². The van der Waals surface area contributed by atoms with E-state index in [4.69, 9.17) is 15.2 Å². The van der Waals surface area contributed by atoms with E-state index in [2.05, 4.69) is 0 Å². The number of carbonyl (C=O) groups is 1. The number of carbonyl (C=O) groups excluding carboxylic acids is 1. The van der Waals surface area contributed by atoms with Crippen molar-refractivity contribution in [1.82, 2.24) is 0 Å². The first-order valence-electron chi connectivity index (χ1n) is 5.36. The normalized spacial score (nSPS) is 18.1. The molecule has 1 aromatic carbocycles. The van der Waals surface area contributed by atoms with E-state index in [1.807, 2.05) is 24.3 Å². The maximum Gasteiger partial charge on any atom is 0.217 e. The molecular formula is C12H15NO3. The minimum Gasteiger partial charge on any atom is -0.491 e. The van der Waals surface area contributed by atoms with Crippen molar-refractivity contribution >= 4 is 5.91 Å². The highest BCUT2D eigenvalue weighted by Gasteiger charge is 2.23. The number of ether oxygens (including phenoxy) is 2. The van der Waals surface area contributed by atoms with Gasteiger partial charge in [0.2, 0.25) is 5.91 Å². The molecule has 4 heteroatoms. The third-order valence-corrected chi connectivity index (χ3v) is 2.44. The Morgan fingerprint density at radius 2 is 2.25 bits per heavy atom. The molecule has 1 heterocycles. The zero-order chi connectivity index (χ0) is 11.4. The van der Waals surface area contributed by atoms with Crippen molar-refractivity contribution < 1.29 is 14.3 Å². The number of hydrogen-bond acceptors (Lipinski definition) is 3. The molecule has 1 amide bonds. The van der Waals surface area contributed by atoms with Crippen LogP contribution in [0.25, 0.3) is 0 Å². The molecule has 1 atom stereocenters. The van der Waals surface area contributed by atoms with Crippen molar-refractivity contribution in [2.75, 3.05) is 13.2 Å². The third-order valence-electron chi connectivity index (χ3n) is 2.44. The van der Waals surface area contributed by atoms with Crippen LogP contribution in [-0.4, -0.2) is 25.2 Å². The van der Waals surface area contributed by atoms with Gasteiger partial charge in [-0.15, -0.1) is 0 Å². The molecule has 0 bridgehead atoms. The summed E-state index contributed by atoms with van der Waals surface area (Å²) in [4.78, 5) is 10.7. The Morgan fingerprint density at radius 3 is 2.94 bits per heavy atom. The van der Waals surface area contributed by atoms with Crippen molar-refractivity contribution in [1.29, 1.82) is 0 Å². The van der Waals surface area contributed by atoms with Crippen molar-refractivity contribution in [3.8, 4) is 5.75 Å². The number of rotatable bonds is 6. The minimum atomic E-state index is -0.291. The zero-order valence-corrected chi connectivity index (χ0v) is 9.02. The lowest BCUT2D eigenvalue weighted by atomic mass is 10.1. The Bertz CT molecular complexity index is 374. The molecule has 0 spiro atoms. The van der Waals surface area contributed by atoms with Crippen molar-refractivity contribution in [3.05, 3.63) is 29.8 Å². The number of aryl methyl sites for hydroxylation is 1. The lowest BCUT2D eigenvalue weighted by molar-refractivity contribution is -0.117. The summed E-state index contributed by atoms with van der Waals surface area (Å²) in [5.41, 5.74) is 6.14. The third kappa shape index (κ3) is 3.24. The van der Waals surface area contributed by atoms with Crippen molar-refractivity contribution in [3.63, 3.8) is 0 Å². The average Bonchev–Trinajstić information content (AvgIpc) is 3.08. The van der Waals surface area contributed by atoms with Gasteiger partial charge >= 0.3 is 0 Å². The second-order valence-electron chi connectivity index (χ2n) is 3.84. The Hall–Kier alpha value is -1.55. The average molecular weight is 221 g/mol. The highest BCUT2D eigenvalue weighted by Crippen LogP contribution is 2.21. The lowest BCUT2D eigenvalue weighted by Crippen LogP contribution is -2.12. The highest BCUT2D eigenvalue weighted by molar-refractivity contribution is 5.74. The first kappa shape index (κ1) is 11.0. The van der Waals surface area contributed by atoms with E-state index in [1.54, 1.807) is 0 Å². The molecule has 1 aliphatic heterocycles. The van der Waals surface area contributed by atoms with E-state index >= 15 is 0 Å². The molecule has 0 aromatic heterocycles. The fourth-order valence-electron chi connectivity index (χ4n) is 1.46. The van der Waals surface area contributed by atoms with Gasteiger partial charge in [0.1, 0.15) is 18.5 Å². The molecular weight excluding hydrogens is 206 g/mol. The number of hydrogen-bond donors (Lipinski definition) is 1. The molecule has 1 saturated heterocycles. The van der Waals surface area contributed by atoms with Gasteiger partial charge < -0.3 is 15.2 Å². The van der Waals surface area contributed by atoms with Crippen LogP contribution in [0.1, 0.15) is 12.0 Å². The second kappa shape index (κ2) is 4.99. The van der Waals surface area contributed by atoms with Gasteiger partial charge in [0.15, 0.2) is 0 Å². The molecule has 4 nitrogen and oxygen atoms in total. The van der Waals surface area contributed by atoms with Crippen LogP contribution in [0.3, 0.4) is 0 Å². The van der Waals surface area contributed by atoms with Crippen LogP contribution in [-0.2, 0) is 16.0 Å². The Morgan fingerprint density at radius 1 is 1.50 bits per heavy atom. The summed E-state index contributed by atoms with van der Waals surface area (Å²) in [6, 6.07) is 7.69.